The van der Waals surface area contributed by atoms with Crippen molar-refractivity contribution in [3.8, 4) is 0 Å². The minimum atomic E-state index is 0. The molecule has 0 aromatic carbocycles. The van der Waals surface area contributed by atoms with Gasteiger partial charge in [-0.15, -0.1) is 12.4 Å². The van der Waals surface area contributed by atoms with Gasteiger partial charge in [0.15, 0.2) is 0 Å². The summed E-state index contributed by atoms with van der Waals surface area (Å²) in [6.07, 6.45) is 6.28. The van der Waals surface area contributed by atoms with Crippen LogP contribution in [0.5, 0.6) is 0 Å². The molecule has 1 aromatic heterocycles. The predicted octanol–water partition coefficient (Wildman–Crippen LogP) is 2.52. The van der Waals surface area contributed by atoms with Gasteiger partial charge >= 0.3 is 0 Å². The van der Waals surface area contributed by atoms with Gasteiger partial charge in [0.2, 0.25) is 0 Å². The summed E-state index contributed by atoms with van der Waals surface area (Å²) in [5.41, 5.74) is 2.61. The third-order valence-electron chi connectivity index (χ3n) is 4.71. The Morgan fingerprint density at radius 2 is 2.05 bits per heavy atom. The number of aromatic nitrogens is 2. The van der Waals surface area contributed by atoms with Crippen LogP contribution in [0.4, 0.5) is 0 Å². The van der Waals surface area contributed by atoms with Crippen LogP contribution in [0.15, 0.2) is 6.20 Å². The predicted molar refractivity (Wildman–Crippen MR) is 84.4 cm³/mol. The van der Waals surface area contributed by atoms with Crippen molar-refractivity contribution >= 4 is 12.4 Å². The van der Waals surface area contributed by atoms with Crippen molar-refractivity contribution in [1.82, 2.24) is 20.0 Å². The highest BCUT2D eigenvalue weighted by Gasteiger charge is 2.35. The molecule has 114 valence electrons. The molecule has 2 saturated heterocycles. The third kappa shape index (κ3) is 3.02. The van der Waals surface area contributed by atoms with Crippen LogP contribution in [0.3, 0.4) is 0 Å². The Bertz CT molecular complexity index is 429. The van der Waals surface area contributed by atoms with Crippen LogP contribution in [-0.2, 0) is 6.54 Å². The fourth-order valence-electron chi connectivity index (χ4n) is 3.48. The molecule has 2 fully saturated rings. The molecule has 0 spiro atoms. The normalized spacial score (nSPS) is 26.6. The molecule has 4 nitrogen and oxygen atoms in total. The van der Waals surface area contributed by atoms with Crippen LogP contribution in [-0.4, -0.2) is 39.9 Å². The van der Waals surface area contributed by atoms with Crippen LogP contribution in [0, 0.1) is 6.92 Å². The van der Waals surface area contributed by atoms with E-state index in [0.29, 0.717) is 6.04 Å². The number of rotatable bonds is 3. The van der Waals surface area contributed by atoms with E-state index in [1.54, 1.807) is 0 Å². The number of hydrogen-bond donors (Lipinski definition) is 1. The summed E-state index contributed by atoms with van der Waals surface area (Å²) >= 11 is 0. The maximum absolute atomic E-state index is 4.64. The summed E-state index contributed by atoms with van der Waals surface area (Å²) in [6, 6.07) is 1.96. The summed E-state index contributed by atoms with van der Waals surface area (Å²) in [4.78, 5) is 2.72. The van der Waals surface area contributed by atoms with Gasteiger partial charge in [-0.2, -0.15) is 5.10 Å². The second-order valence-corrected chi connectivity index (χ2v) is 6.36. The minimum absolute atomic E-state index is 0. The summed E-state index contributed by atoms with van der Waals surface area (Å²) in [5.74, 6) is 0. The molecule has 1 N–H and O–H groups in total. The van der Waals surface area contributed by atoms with Gasteiger partial charge in [-0.1, -0.05) is 0 Å². The summed E-state index contributed by atoms with van der Waals surface area (Å²) in [6.45, 7) is 9.95. The largest absolute Gasteiger partial charge is 0.315 e. The van der Waals surface area contributed by atoms with E-state index in [9.17, 15) is 0 Å². The first-order chi connectivity index (χ1) is 9.15. The molecule has 2 aliphatic rings. The smallest absolute Gasteiger partial charge is 0.0638 e. The molecule has 3 rings (SSSR count). The van der Waals surface area contributed by atoms with Crippen molar-refractivity contribution in [3.63, 3.8) is 0 Å². The fraction of sp³-hybridized carbons (Fsp3) is 0.800. The molecule has 0 amide bonds. The number of halogens is 1. The van der Waals surface area contributed by atoms with Gasteiger partial charge in [0.1, 0.15) is 0 Å². The zero-order chi connectivity index (χ0) is 13.4. The second kappa shape index (κ2) is 6.46. The molecule has 0 saturated carbocycles. The fourth-order valence-corrected chi connectivity index (χ4v) is 3.48. The van der Waals surface area contributed by atoms with Gasteiger partial charge in [0.25, 0.3) is 0 Å². The summed E-state index contributed by atoms with van der Waals surface area (Å²) < 4.78 is 2.10. The lowest BCUT2D eigenvalue weighted by molar-refractivity contribution is 0.193. The second-order valence-electron chi connectivity index (χ2n) is 6.36. The molecular weight excluding hydrogens is 272 g/mol. The summed E-state index contributed by atoms with van der Waals surface area (Å²) in [5, 5.41) is 8.21. The topological polar surface area (TPSA) is 33.1 Å². The first kappa shape index (κ1) is 15.8. The van der Waals surface area contributed by atoms with E-state index < -0.39 is 0 Å². The number of hydrogen-bond acceptors (Lipinski definition) is 3. The van der Waals surface area contributed by atoms with Gasteiger partial charge in [-0.3, -0.25) is 9.58 Å². The Morgan fingerprint density at radius 3 is 2.75 bits per heavy atom. The molecule has 1 aromatic rings. The molecular formula is C15H27ClN4. The van der Waals surface area contributed by atoms with E-state index in [1.165, 1.54) is 37.1 Å². The van der Waals surface area contributed by atoms with Gasteiger partial charge < -0.3 is 5.32 Å². The third-order valence-corrected chi connectivity index (χ3v) is 4.71. The van der Waals surface area contributed by atoms with Crippen molar-refractivity contribution in [1.29, 1.82) is 0 Å². The molecule has 5 heteroatoms. The van der Waals surface area contributed by atoms with E-state index in [-0.39, 0.29) is 12.4 Å². The van der Waals surface area contributed by atoms with E-state index >= 15 is 0 Å². The molecule has 0 radical (unpaired) electrons. The number of fused-ring (bicyclic) bond motifs is 2. The zero-order valence-electron chi connectivity index (χ0n) is 12.8. The van der Waals surface area contributed by atoms with Gasteiger partial charge in [0.05, 0.1) is 5.69 Å². The van der Waals surface area contributed by atoms with Crippen molar-refractivity contribution in [2.24, 2.45) is 0 Å². The van der Waals surface area contributed by atoms with Gasteiger partial charge in [-0.05, 0) is 46.6 Å². The first-order valence-corrected chi connectivity index (χ1v) is 7.66. The lowest BCUT2D eigenvalue weighted by atomic mass is 10.1. The molecule has 2 atom stereocenters. The SMILES string of the molecule is Cc1nn(C(C)C)cc1CN1C2CCNCC1CC2.Cl. The van der Waals surface area contributed by atoms with Crippen LogP contribution in [0.1, 0.15) is 50.4 Å². The number of nitrogens with zero attached hydrogens (tertiary/aromatic N) is 3. The standard InChI is InChI=1S/C15H26N4.ClH/c1-11(2)19-10-13(12(3)17-19)9-18-14-4-5-15(18)8-16-7-6-14;/h10-11,14-16H,4-9H2,1-3H3;1H. The maximum atomic E-state index is 4.64. The monoisotopic (exact) mass is 298 g/mol. The van der Waals surface area contributed by atoms with E-state index in [1.807, 2.05) is 0 Å². The van der Waals surface area contributed by atoms with Crippen LogP contribution < -0.4 is 5.32 Å². The van der Waals surface area contributed by atoms with Crippen molar-refractivity contribution in [2.75, 3.05) is 13.1 Å². The average molecular weight is 299 g/mol. The molecule has 3 heterocycles. The van der Waals surface area contributed by atoms with Crippen LogP contribution in [0.25, 0.3) is 0 Å². The molecule has 2 aliphatic heterocycles. The van der Waals surface area contributed by atoms with Crippen molar-refractivity contribution < 1.29 is 0 Å². The van der Waals surface area contributed by atoms with Crippen molar-refractivity contribution in [2.45, 2.75) is 64.7 Å². The molecule has 2 unspecified atom stereocenters. The Morgan fingerprint density at radius 1 is 1.30 bits per heavy atom. The van der Waals surface area contributed by atoms with Crippen LogP contribution >= 0.6 is 12.4 Å². The highest BCUT2D eigenvalue weighted by molar-refractivity contribution is 5.85. The summed E-state index contributed by atoms with van der Waals surface area (Å²) in [7, 11) is 0. The highest BCUT2D eigenvalue weighted by Crippen LogP contribution is 2.30. The lowest BCUT2D eigenvalue weighted by Crippen LogP contribution is -2.37. The van der Waals surface area contributed by atoms with Crippen LogP contribution in [0.2, 0.25) is 0 Å². The minimum Gasteiger partial charge on any atom is -0.315 e. The Kier molecular flexibility index (Phi) is 5.10. The maximum Gasteiger partial charge on any atom is 0.0638 e. The Labute approximate surface area is 128 Å². The Balaban J connectivity index is 0.00000147. The van der Waals surface area contributed by atoms with Gasteiger partial charge in [-0.25, -0.2) is 0 Å². The quantitative estimate of drug-likeness (QED) is 0.931. The molecule has 0 aliphatic carbocycles. The van der Waals surface area contributed by atoms with E-state index in [2.05, 4.69) is 47.0 Å². The number of aryl methyl sites for hydroxylation is 1. The Hall–Kier alpha value is -0.580. The molecule has 2 bridgehead atoms. The zero-order valence-corrected chi connectivity index (χ0v) is 13.6. The number of nitrogens with one attached hydrogen (secondary N) is 1. The van der Waals surface area contributed by atoms with Crippen molar-refractivity contribution in [3.05, 3.63) is 17.5 Å². The average Bonchev–Trinajstić information content (AvgIpc) is 2.81. The highest BCUT2D eigenvalue weighted by atomic mass is 35.5. The van der Waals surface area contributed by atoms with E-state index in [0.717, 1.165) is 25.2 Å². The van der Waals surface area contributed by atoms with E-state index in [4.69, 9.17) is 0 Å². The molecule has 20 heavy (non-hydrogen) atoms. The van der Waals surface area contributed by atoms with Gasteiger partial charge in [0, 0.05) is 43.0 Å². The lowest BCUT2D eigenvalue weighted by Gasteiger charge is -2.27. The first-order valence-electron chi connectivity index (χ1n) is 7.66.